The van der Waals surface area contributed by atoms with Crippen LogP contribution in [0.5, 0.6) is 11.5 Å². The van der Waals surface area contributed by atoms with Crippen molar-refractivity contribution in [3.05, 3.63) is 46.0 Å². The van der Waals surface area contributed by atoms with Crippen LogP contribution in [0.2, 0.25) is 0 Å². The maximum atomic E-state index is 9.59. The number of benzene rings is 2. The minimum atomic E-state index is 0.236. The number of phenolic OH excluding ortho intramolecular Hbond substituents is 1. The van der Waals surface area contributed by atoms with Crippen molar-refractivity contribution in [3.63, 3.8) is 0 Å². The van der Waals surface area contributed by atoms with Crippen LogP contribution in [-0.4, -0.2) is 21.9 Å². The van der Waals surface area contributed by atoms with E-state index in [2.05, 4.69) is 46.6 Å². The molecular formula is C18H17IN2O3. The number of hydrogen-bond donors (Lipinski definition) is 1. The number of halogens is 1. The van der Waals surface area contributed by atoms with Gasteiger partial charge < -0.3 is 14.4 Å². The summed E-state index contributed by atoms with van der Waals surface area (Å²) in [5.74, 6) is 2.48. The van der Waals surface area contributed by atoms with Gasteiger partial charge in [0.2, 0.25) is 5.82 Å². The summed E-state index contributed by atoms with van der Waals surface area (Å²) in [6.45, 7) is 4.90. The van der Waals surface area contributed by atoms with Gasteiger partial charge in [-0.1, -0.05) is 19.0 Å². The molecule has 24 heavy (non-hydrogen) atoms. The van der Waals surface area contributed by atoms with Gasteiger partial charge in [-0.2, -0.15) is 4.98 Å². The van der Waals surface area contributed by atoms with Gasteiger partial charge in [-0.15, -0.1) is 0 Å². The summed E-state index contributed by atoms with van der Waals surface area (Å²) in [6.07, 6.45) is 0. The van der Waals surface area contributed by atoms with Crippen LogP contribution < -0.4 is 4.74 Å². The Hall–Kier alpha value is -2.09. The summed E-state index contributed by atoms with van der Waals surface area (Å²) >= 11 is 2.06. The zero-order chi connectivity index (χ0) is 17.1. The molecule has 1 aromatic heterocycles. The lowest BCUT2D eigenvalue weighted by Crippen LogP contribution is -2.04. The highest BCUT2D eigenvalue weighted by Crippen LogP contribution is 2.28. The van der Waals surface area contributed by atoms with Gasteiger partial charge in [-0.25, -0.2) is 0 Å². The molecule has 5 nitrogen and oxygen atoms in total. The van der Waals surface area contributed by atoms with Gasteiger partial charge in [-0.05, 0) is 71.0 Å². The second kappa shape index (κ2) is 7.21. The van der Waals surface area contributed by atoms with Crippen LogP contribution in [0.15, 0.2) is 47.0 Å². The van der Waals surface area contributed by atoms with Crippen molar-refractivity contribution in [2.24, 2.45) is 5.92 Å². The Kier molecular flexibility index (Phi) is 5.03. The van der Waals surface area contributed by atoms with E-state index in [1.165, 1.54) is 0 Å². The summed E-state index contributed by atoms with van der Waals surface area (Å²) in [5, 5.41) is 13.6. The number of rotatable bonds is 5. The predicted molar refractivity (Wildman–Crippen MR) is 99.9 cm³/mol. The van der Waals surface area contributed by atoms with E-state index in [1.807, 2.05) is 30.3 Å². The van der Waals surface area contributed by atoms with E-state index in [9.17, 15) is 5.11 Å². The number of ether oxygens (including phenoxy) is 1. The minimum absolute atomic E-state index is 0.236. The molecule has 0 saturated heterocycles. The summed E-state index contributed by atoms with van der Waals surface area (Å²) in [7, 11) is 0. The van der Waals surface area contributed by atoms with Crippen LogP contribution in [0.4, 0.5) is 0 Å². The highest BCUT2D eigenvalue weighted by atomic mass is 127. The molecule has 0 bridgehead atoms. The van der Waals surface area contributed by atoms with E-state index in [4.69, 9.17) is 9.26 Å². The van der Waals surface area contributed by atoms with Crippen LogP contribution in [0, 0.1) is 9.49 Å². The number of phenols is 1. The lowest BCUT2D eigenvalue weighted by molar-refractivity contribution is 0.271. The lowest BCUT2D eigenvalue weighted by atomic mass is 10.2. The van der Waals surface area contributed by atoms with Gasteiger partial charge >= 0.3 is 0 Å². The second-order valence-corrected chi connectivity index (χ2v) is 6.98. The number of nitrogens with zero attached hydrogens (tertiary/aromatic N) is 2. The van der Waals surface area contributed by atoms with Gasteiger partial charge in [0, 0.05) is 11.1 Å². The molecular weight excluding hydrogens is 419 g/mol. The molecule has 0 amide bonds. The van der Waals surface area contributed by atoms with Gasteiger partial charge in [-0.3, -0.25) is 0 Å². The lowest BCUT2D eigenvalue weighted by Gasteiger charge is -2.08. The van der Waals surface area contributed by atoms with E-state index in [1.54, 1.807) is 12.1 Å². The molecule has 0 aliphatic heterocycles. The molecule has 0 radical (unpaired) electrons. The summed E-state index contributed by atoms with van der Waals surface area (Å²) in [4.78, 5) is 4.42. The Morgan fingerprint density at radius 2 is 1.83 bits per heavy atom. The third-order valence-electron chi connectivity index (χ3n) is 3.32. The van der Waals surface area contributed by atoms with Crippen molar-refractivity contribution in [2.75, 3.05) is 6.61 Å². The van der Waals surface area contributed by atoms with Crippen LogP contribution in [-0.2, 0) is 0 Å². The van der Waals surface area contributed by atoms with Gasteiger partial charge in [0.25, 0.3) is 5.89 Å². The molecule has 1 heterocycles. The second-order valence-electron chi connectivity index (χ2n) is 5.82. The SMILES string of the molecule is CC(C)COc1ccc(-c2nc(-c3ccc(O)c(I)c3)no2)cc1. The summed E-state index contributed by atoms with van der Waals surface area (Å²) in [6, 6.07) is 12.8. The smallest absolute Gasteiger partial charge is 0.258 e. The topological polar surface area (TPSA) is 68.4 Å². The highest BCUT2D eigenvalue weighted by Gasteiger charge is 2.12. The molecule has 0 aliphatic rings. The third kappa shape index (κ3) is 3.87. The first-order valence-electron chi connectivity index (χ1n) is 7.59. The van der Waals surface area contributed by atoms with Crippen LogP contribution >= 0.6 is 22.6 Å². The van der Waals surface area contributed by atoms with E-state index in [-0.39, 0.29) is 5.75 Å². The molecule has 2 aromatic carbocycles. The van der Waals surface area contributed by atoms with Crippen molar-refractivity contribution >= 4 is 22.6 Å². The molecule has 0 aliphatic carbocycles. The predicted octanol–water partition coefficient (Wildman–Crippen LogP) is 4.75. The Bertz CT molecular complexity index is 829. The minimum Gasteiger partial charge on any atom is -0.507 e. The average molecular weight is 436 g/mol. The van der Waals surface area contributed by atoms with Crippen molar-refractivity contribution in [1.82, 2.24) is 10.1 Å². The van der Waals surface area contributed by atoms with Gasteiger partial charge in [0.05, 0.1) is 10.2 Å². The highest BCUT2D eigenvalue weighted by molar-refractivity contribution is 14.1. The Morgan fingerprint density at radius 1 is 1.12 bits per heavy atom. The maximum Gasteiger partial charge on any atom is 0.258 e. The fourth-order valence-corrected chi connectivity index (χ4v) is 2.58. The molecule has 0 saturated carbocycles. The average Bonchev–Trinajstić information content (AvgIpc) is 3.06. The number of hydrogen-bond acceptors (Lipinski definition) is 5. The van der Waals surface area contributed by atoms with Crippen molar-refractivity contribution < 1.29 is 14.4 Å². The van der Waals surface area contributed by atoms with Gasteiger partial charge in [0.1, 0.15) is 11.5 Å². The standard InChI is InChI=1S/C18H17IN2O3/c1-11(2)10-23-14-6-3-12(4-7-14)18-20-17(21-24-18)13-5-8-16(22)15(19)9-13/h3-9,11,22H,10H2,1-2H3. The summed E-state index contributed by atoms with van der Waals surface area (Å²) in [5.41, 5.74) is 1.63. The van der Waals surface area contributed by atoms with Crippen LogP contribution in [0.25, 0.3) is 22.8 Å². The van der Waals surface area contributed by atoms with Crippen LogP contribution in [0.3, 0.4) is 0 Å². The molecule has 124 valence electrons. The molecule has 0 fully saturated rings. The van der Waals surface area contributed by atoms with E-state index >= 15 is 0 Å². The largest absolute Gasteiger partial charge is 0.507 e. The van der Waals surface area contributed by atoms with E-state index in [0.29, 0.717) is 24.2 Å². The maximum absolute atomic E-state index is 9.59. The summed E-state index contributed by atoms with van der Waals surface area (Å²) < 4.78 is 11.8. The molecule has 3 rings (SSSR count). The Labute approximate surface area is 153 Å². The number of aromatic hydroxyl groups is 1. The zero-order valence-corrected chi connectivity index (χ0v) is 15.5. The van der Waals surface area contributed by atoms with Crippen molar-refractivity contribution in [3.8, 4) is 34.3 Å². The van der Waals surface area contributed by atoms with E-state index < -0.39 is 0 Å². The zero-order valence-electron chi connectivity index (χ0n) is 13.4. The first-order chi connectivity index (χ1) is 11.5. The Morgan fingerprint density at radius 3 is 2.50 bits per heavy atom. The van der Waals surface area contributed by atoms with Crippen molar-refractivity contribution in [1.29, 1.82) is 0 Å². The first kappa shape index (κ1) is 16.8. The Balaban J connectivity index is 1.78. The quantitative estimate of drug-likeness (QED) is 0.585. The fourth-order valence-electron chi connectivity index (χ4n) is 2.06. The third-order valence-corrected chi connectivity index (χ3v) is 4.18. The normalized spacial score (nSPS) is 11.0. The monoisotopic (exact) mass is 436 g/mol. The fraction of sp³-hybridized carbons (Fsp3) is 0.222. The molecule has 3 aromatic rings. The van der Waals surface area contributed by atoms with Crippen LogP contribution in [0.1, 0.15) is 13.8 Å². The van der Waals surface area contributed by atoms with Crippen molar-refractivity contribution in [2.45, 2.75) is 13.8 Å². The molecule has 1 N–H and O–H groups in total. The molecule has 0 unspecified atom stereocenters. The molecule has 6 heteroatoms. The first-order valence-corrected chi connectivity index (χ1v) is 8.66. The van der Waals surface area contributed by atoms with E-state index in [0.717, 1.165) is 20.4 Å². The molecule has 0 atom stereocenters. The van der Waals surface area contributed by atoms with Gasteiger partial charge in [0.15, 0.2) is 0 Å². The molecule has 0 spiro atoms. The number of aromatic nitrogens is 2.